The van der Waals surface area contributed by atoms with Gasteiger partial charge in [-0.25, -0.2) is 0 Å². The molecule has 1 unspecified atom stereocenters. The van der Waals surface area contributed by atoms with E-state index in [1.807, 2.05) is 0 Å². The van der Waals surface area contributed by atoms with Crippen LogP contribution in [0.3, 0.4) is 0 Å². The van der Waals surface area contributed by atoms with E-state index in [1.165, 1.54) is 6.92 Å². The fourth-order valence-electron chi connectivity index (χ4n) is 3.48. The van der Waals surface area contributed by atoms with E-state index < -0.39 is 18.0 Å². The molecule has 2 aromatic carbocycles. The predicted octanol–water partition coefficient (Wildman–Crippen LogP) is 2.36. The van der Waals surface area contributed by atoms with E-state index in [1.54, 1.807) is 30.3 Å². The Morgan fingerprint density at radius 3 is 2.70 bits per heavy atom. The normalized spacial score (nSPS) is 18.8. The maximum Gasteiger partial charge on any atom is 0.308 e. The molecule has 0 spiro atoms. The van der Waals surface area contributed by atoms with E-state index in [2.05, 4.69) is 0 Å². The lowest BCUT2D eigenvalue weighted by Gasteiger charge is -2.29. The van der Waals surface area contributed by atoms with Crippen LogP contribution in [0.4, 0.5) is 0 Å². The number of fused-ring (bicyclic) bond motifs is 2. The second-order valence-corrected chi connectivity index (χ2v) is 6.24. The number of ketones is 2. The zero-order valence-electron chi connectivity index (χ0n) is 14.3. The van der Waals surface area contributed by atoms with Crippen molar-refractivity contribution >= 4 is 34.8 Å². The van der Waals surface area contributed by atoms with Crippen molar-refractivity contribution in [2.75, 3.05) is 6.61 Å². The van der Waals surface area contributed by atoms with Crippen LogP contribution in [0, 0.1) is 0 Å². The van der Waals surface area contributed by atoms with Crippen LogP contribution in [-0.4, -0.2) is 36.9 Å². The molecule has 136 valence electrons. The topological polar surface area (TPSA) is 96.0 Å². The molecule has 1 atom stereocenters. The highest BCUT2D eigenvalue weighted by Gasteiger charge is 2.39. The van der Waals surface area contributed by atoms with Gasteiger partial charge in [-0.1, -0.05) is 24.3 Å². The molecule has 0 N–H and O–H groups in total. The maximum atomic E-state index is 13.2. The number of hydrogen-bond acceptors (Lipinski definition) is 7. The van der Waals surface area contributed by atoms with Gasteiger partial charge in [-0.15, -0.1) is 0 Å². The Morgan fingerprint density at radius 1 is 1.19 bits per heavy atom. The maximum absolute atomic E-state index is 13.2. The van der Waals surface area contributed by atoms with E-state index in [0.717, 1.165) is 0 Å². The first kappa shape index (κ1) is 17.1. The summed E-state index contributed by atoms with van der Waals surface area (Å²) in [6.45, 7) is 1.33. The van der Waals surface area contributed by atoms with Crippen molar-refractivity contribution in [3.05, 3.63) is 52.6 Å². The van der Waals surface area contributed by atoms with Crippen molar-refractivity contribution in [1.29, 1.82) is 0 Å². The van der Waals surface area contributed by atoms with Crippen LogP contribution in [-0.2, 0) is 19.1 Å². The Bertz CT molecular complexity index is 1050. The summed E-state index contributed by atoms with van der Waals surface area (Å²) in [7, 11) is 0. The van der Waals surface area contributed by atoms with E-state index in [9.17, 15) is 19.2 Å². The summed E-state index contributed by atoms with van der Waals surface area (Å²) in [5.41, 5.74) is 0.683. The fraction of sp³-hybridized carbons (Fsp3) is 0.200. The molecule has 1 aliphatic carbocycles. The second-order valence-electron chi connectivity index (χ2n) is 6.24. The number of ether oxygens (including phenoxy) is 3. The van der Waals surface area contributed by atoms with E-state index in [0.29, 0.717) is 10.8 Å². The van der Waals surface area contributed by atoms with Gasteiger partial charge in [0.15, 0.2) is 17.3 Å². The first-order chi connectivity index (χ1) is 13.0. The van der Waals surface area contributed by atoms with Crippen LogP contribution >= 0.6 is 0 Å². The molecule has 0 amide bonds. The van der Waals surface area contributed by atoms with E-state index >= 15 is 0 Å². The predicted molar refractivity (Wildman–Crippen MR) is 92.5 cm³/mol. The molecular formula is C20H14O7. The number of carbonyl (C=O) groups excluding carboxylic acids is 4. The molecule has 0 saturated heterocycles. The quantitative estimate of drug-likeness (QED) is 0.467. The Kier molecular flexibility index (Phi) is 4.08. The summed E-state index contributed by atoms with van der Waals surface area (Å²) in [6.07, 6.45) is -0.970. The largest absolute Gasteiger partial charge is 0.438 e. The number of esters is 1. The molecule has 1 heterocycles. The zero-order valence-corrected chi connectivity index (χ0v) is 14.3. The molecular weight excluding hydrogens is 352 g/mol. The third-order valence-electron chi connectivity index (χ3n) is 4.62. The van der Waals surface area contributed by atoms with Gasteiger partial charge in [-0.3, -0.25) is 19.2 Å². The Hall–Kier alpha value is -3.32. The fourth-order valence-corrected chi connectivity index (χ4v) is 3.48. The highest BCUT2D eigenvalue weighted by Crippen LogP contribution is 2.41. The summed E-state index contributed by atoms with van der Waals surface area (Å²) in [5, 5.41) is 1.24. The summed E-state index contributed by atoms with van der Waals surface area (Å²) in [5.74, 6) is -1.31. The Labute approximate surface area is 153 Å². The number of rotatable bonds is 3. The minimum atomic E-state index is -0.933. The van der Waals surface area contributed by atoms with Crippen molar-refractivity contribution in [2.24, 2.45) is 0 Å². The average Bonchev–Trinajstić information content (AvgIpc) is 2.65. The first-order valence-corrected chi connectivity index (χ1v) is 8.27. The van der Waals surface area contributed by atoms with Crippen molar-refractivity contribution in [1.82, 2.24) is 0 Å². The van der Waals surface area contributed by atoms with E-state index in [4.69, 9.17) is 14.2 Å². The van der Waals surface area contributed by atoms with Gasteiger partial charge in [0.2, 0.25) is 6.29 Å². The third-order valence-corrected chi connectivity index (χ3v) is 4.62. The standard InChI is InChI=1S/C20H14O7/c1-10(22)27-20-12-5-3-2-4-11(12)6-14-17(20)19(24)13-7-16(26-9-21)25-8-15(13)18(14)23/h2-6,9,16H,7-8H2,1H3. The summed E-state index contributed by atoms with van der Waals surface area (Å²) in [4.78, 5) is 48.4. The highest BCUT2D eigenvalue weighted by molar-refractivity contribution is 6.30. The van der Waals surface area contributed by atoms with Crippen LogP contribution < -0.4 is 4.74 Å². The molecule has 4 rings (SSSR count). The van der Waals surface area contributed by atoms with Gasteiger partial charge in [-0.05, 0) is 11.5 Å². The van der Waals surface area contributed by atoms with Gasteiger partial charge in [0.1, 0.15) is 0 Å². The molecule has 0 radical (unpaired) electrons. The second kappa shape index (κ2) is 6.44. The minimum absolute atomic E-state index is 0.0373. The molecule has 1 aliphatic heterocycles. The molecule has 0 saturated carbocycles. The summed E-state index contributed by atoms with van der Waals surface area (Å²) >= 11 is 0. The molecule has 7 heteroatoms. The first-order valence-electron chi connectivity index (χ1n) is 8.27. The van der Waals surface area contributed by atoms with Crippen molar-refractivity contribution < 1.29 is 33.4 Å². The highest BCUT2D eigenvalue weighted by atomic mass is 16.7. The van der Waals surface area contributed by atoms with E-state index in [-0.39, 0.29) is 53.3 Å². The molecule has 0 fully saturated rings. The smallest absolute Gasteiger partial charge is 0.308 e. The summed E-state index contributed by atoms with van der Waals surface area (Å²) in [6, 6.07) is 8.66. The zero-order chi connectivity index (χ0) is 19.1. The van der Waals surface area contributed by atoms with Crippen LogP contribution in [0.1, 0.15) is 34.1 Å². The monoisotopic (exact) mass is 366 g/mol. The number of hydrogen-bond donors (Lipinski definition) is 0. The molecule has 2 aliphatic rings. The third kappa shape index (κ3) is 2.72. The molecule has 0 aromatic heterocycles. The van der Waals surface area contributed by atoms with Gasteiger partial charge < -0.3 is 14.2 Å². The minimum Gasteiger partial charge on any atom is -0.438 e. The van der Waals surface area contributed by atoms with Crippen LogP contribution in [0.15, 0.2) is 41.5 Å². The van der Waals surface area contributed by atoms with Crippen molar-refractivity contribution in [3.63, 3.8) is 0 Å². The number of benzene rings is 2. The molecule has 0 bridgehead atoms. The molecule has 7 nitrogen and oxygen atoms in total. The lowest BCUT2D eigenvalue weighted by Crippen LogP contribution is -2.34. The van der Waals surface area contributed by atoms with Gasteiger partial charge in [0, 0.05) is 35.4 Å². The van der Waals surface area contributed by atoms with Crippen LogP contribution in [0.2, 0.25) is 0 Å². The lowest BCUT2D eigenvalue weighted by atomic mass is 9.80. The molecule has 2 aromatic rings. The number of Topliss-reactive ketones (excluding diaryl/α,β-unsaturated/α-hetero) is 2. The molecule has 27 heavy (non-hydrogen) atoms. The van der Waals surface area contributed by atoms with Crippen molar-refractivity contribution in [2.45, 2.75) is 19.6 Å². The van der Waals surface area contributed by atoms with Gasteiger partial charge >= 0.3 is 5.97 Å². The van der Waals surface area contributed by atoms with Gasteiger partial charge in [0.05, 0.1) is 12.2 Å². The Morgan fingerprint density at radius 2 is 1.96 bits per heavy atom. The van der Waals surface area contributed by atoms with Gasteiger partial charge in [0.25, 0.3) is 6.47 Å². The van der Waals surface area contributed by atoms with Crippen LogP contribution in [0.25, 0.3) is 10.8 Å². The lowest BCUT2D eigenvalue weighted by molar-refractivity contribution is -0.163. The average molecular weight is 366 g/mol. The van der Waals surface area contributed by atoms with Crippen molar-refractivity contribution in [3.8, 4) is 5.75 Å². The Balaban J connectivity index is 1.94. The van der Waals surface area contributed by atoms with Gasteiger partial charge in [-0.2, -0.15) is 0 Å². The SMILES string of the molecule is CC(=O)Oc1c2c(cc3ccccc13)C(=O)C1=C(CC(OC=O)OC1)C2=O. The summed E-state index contributed by atoms with van der Waals surface area (Å²) < 4.78 is 15.5. The number of carbonyl (C=O) groups is 4. The van der Waals surface area contributed by atoms with Crippen LogP contribution in [0.5, 0.6) is 5.75 Å².